The molecular weight excluding hydrogens is 449 g/mol. The first-order valence-corrected chi connectivity index (χ1v) is 11.0. The number of fused-ring (bicyclic) bond motifs is 1. The first-order valence-electron chi connectivity index (χ1n) is 10.6. The number of amides is 1. The van der Waals surface area contributed by atoms with E-state index in [1.165, 1.54) is 22.7 Å². The maximum absolute atomic E-state index is 13.5. The summed E-state index contributed by atoms with van der Waals surface area (Å²) < 4.78 is 20.2. The van der Waals surface area contributed by atoms with Crippen LogP contribution >= 0.6 is 11.6 Å². The lowest BCUT2D eigenvalue weighted by Crippen LogP contribution is -2.75. The molecule has 1 aromatic carbocycles. The van der Waals surface area contributed by atoms with Crippen molar-refractivity contribution in [1.82, 2.24) is 14.7 Å². The maximum Gasteiger partial charge on any atom is 0.268 e. The molecule has 7 nitrogen and oxygen atoms in total. The van der Waals surface area contributed by atoms with Gasteiger partial charge < -0.3 is 10.1 Å². The van der Waals surface area contributed by atoms with Gasteiger partial charge >= 0.3 is 0 Å². The molecule has 3 aliphatic carbocycles. The number of aryl methyl sites for hydroxylation is 1. The molecule has 2 heterocycles. The first kappa shape index (κ1) is 21.6. The summed E-state index contributed by atoms with van der Waals surface area (Å²) in [4.78, 5) is 42.1. The minimum atomic E-state index is -0.614. The van der Waals surface area contributed by atoms with Crippen LogP contribution in [-0.4, -0.2) is 33.2 Å². The van der Waals surface area contributed by atoms with Crippen LogP contribution in [0.15, 0.2) is 47.5 Å². The third-order valence-electron chi connectivity index (χ3n) is 6.51. The van der Waals surface area contributed by atoms with E-state index in [4.69, 9.17) is 16.3 Å². The van der Waals surface area contributed by atoms with Crippen molar-refractivity contribution in [3.8, 4) is 5.75 Å². The number of hydrogen-bond donors (Lipinski definition) is 1. The fraction of sp³-hybridized carbons (Fsp3) is 0.333. The number of ether oxygens (including phenoxy) is 1. The van der Waals surface area contributed by atoms with Gasteiger partial charge in [-0.3, -0.25) is 18.8 Å². The van der Waals surface area contributed by atoms with Crippen molar-refractivity contribution in [3.05, 3.63) is 75.0 Å². The Bertz CT molecular complexity index is 1350. The fourth-order valence-electron chi connectivity index (χ4n) is 5.17. The highest BCUT2D eigenvalue weighted by Gasteiger charge is 2.68. The van der Waals surface area contributed by atoms with Gasteiger partial charge in [0.25, 0.3) is 11.5 Å². The molecule has 0 spiro atoms. The molecule has 170 valence electrons. The Hall–Kier alpha value is -3.26. The molecule has 1 amide bonds. The summed E-state index contributed by atoms with van der Waals surface area (Å²) in [5.41, 5.74) is 0.683. The third kappa shape index (κ3) is 3.88. The standard InChI is InChI=1S/C24H21ClFN3O4/c1-14-4-5-29-20(6-14)27-9-16(22(29)32)19(30)8-23-11-24(12-23,13-23)28-21(31)10-33-15-2-3-17(25)18(26)7-15/h2-7,9H,8,10-13H2,1H3,(H,28,31). The van der Waals surface area contributed by atoms with Crippen molar-refractivity contribution in [1.29, 1.82) is 0 Å². The summed E-state index contributed by atoms with van der Waals surface area (Å²) in [6.45, 7) is 1.67. The second-order valence-corrected chi connectivity index (χ2v) is 9.64. The molecule has 1 N–H and O–H groups in total. The Kier molecular flexibility index (Phi) is 5.01. The number of nitrogens with one attached hydrogen (secondary N) is 1. The zero-order valence-electron chi connectivity index (χ0n) is 17.9. The number of pyridine rings is 1. The average Bonchev–Trinajstić information content (AvgIpc) is 2.72. The summed E-state index contributed by atoms with van der Waals surface area (Å²) in [6.07, 6.45) is 5.26. The monoisotopic (exact) mass is 469 g/mol. The number of nitrogens with zero attached hydrogens (tertiary/aromatic N) is 2. The number of hydrogen-bond acceptors (Lipinski definition) is 5. The van der Waals surface area contributed by atoms with Gasteiger partial charge in [0, 0.05) is 30.4 Å². The van der Waals surface area contributed by atoms with Crippen molar-refractivity contribution in [2.24, 2.45) is 5.41 Å². The van der Waals surface area contributed by atoms with Crippen LogP contribution in [0.5, 0.6) is 5.75 Å². The second-order valence-electron chi connectivity index (χ2n) is 9.23. The van der Waals surface area contributed by atoms with Gasteiger partial charge in [0.15, 0.2) is 12.4 Å². The van der Waals surface area contributed by atoms with Gasteiger partial charge in [-0.05, 0) is 61.4 Å². The molecule has 33 heavy (non-hydrogen) atoms. The van der Waals surface area contributed by atoms with Crippen LogP contribution in [0.3, 0.4) is 0 Å². The molecule has 3 aliphatic rings. The number of Topliss-reactive ketones (excluding diaryl/α,β-unsaturated/α-hetero) is 1. The molecule has 0 atom stereocenters. The van der Waals surface area contributed by atoms with E-state index in [1.807, 2.05) is 6.92 Å². The average molecular weight is 470 g/mol. The zero-order valence-corrected chi connectivity index (χ0v) is 18.6. The molecule has 9 heteroatoms. The molecule has 0 saturated heterocycles. The van der Waals surface area contributed by atoms with Gasteiger partial charge in [-0.25, -0.2) is 9.37 Å². The number of carbonyl (C=O) groups is 2. The number of halogens is 2. The summed E-state index contributed by atoms with van der Waals surface area (Å²) >= 11 is 5.63. The number of aromatic nitrogens is 2. The Morgan fingerprint density at radius 3 is 2.73 bits per heavy atom. The highest BCUT2D eigenvalue weighted by molar-refractivity contribution is 6.30. The van der Waals surface area contributed by atoms with Crippen LogP contribution in [0.25, 0.3) is 5.65 Å². The zero-order chi connectivity index (χ0) is 23.4. The lowest BCUT2D eigenvalue weighted by molar-refractivity contribution is -0.164. The van der Waals surface area contributed by atoms with Gasteiger partial charge in [0.2, 0.25) is 0 Å². The largest absolute Gasteiger partial charge is 0.484 e. The summed E-state index contributed by atoms with van der Waals surface area (Å²) in [5.74, 6) is -0.929. The van der Waals surface area contributed by atoms with Crippen LogP contribution in [0.2, 0.25) is 5.02 Å². The third-order valence-corrected chi connectivity index (χ3v) is 6.81. The van der Waals surface area contributed by atoms with Crippen molar-refractivity contribution < 1.29 is 18.7 Å². The van der Waals surface area contributed by atoms with Gasteiger partial charge in [-0.1, -0.05) is 11.6 Å². The van der Waals surface area contributed by atoms with Crippen LogP contribution in [-0.2, 0) is 4.79 Å². The Morgan fingerprint density at radius 2 is 2.00 bits per heavy atom. The second kappa shape index (κ2) is 7.66. The minimum Gasteiger partial charge on any atom is -0.484 e. The first-order chi connectivity index (χ1) is 15.7. The summed E-state index contributed by atoms with van der Waals surface area (Å²) in [7, 11) is 0. The van der Waals surface area contributed by atoms with E-state index in [0.29, 0.717) is 24.9 Å². The molecule has 3 fully saturated rings. The topological polar surface area (TPSA) is 89.8 Å². The number of benzene rings is 1. The number of carbonyl (C=O) groups excluding carboxylic acids is 2. The van der Waals surface area contributed by atoms with Gasteiger partial charge in [0.1, 0.15) is 22.8 Å². The molecule has 0 radical (unpaired) electrons. The Labute approximate surface area is 193 Å². The quantitative estimate of drug-likeness (QED) is 0.535. The van der Waals surface area contributed by atoms with E-state index in [9.17, 15) is 18.8 Å². The number of ketones is 1. The SMILES string of the molecule is Cc1ccn2c(=O)c(C(=O)CC34CC(NC(=O)COc5ccc(Cl)c(F)c5)(C3)C4)cnc2c1. The predicted octanol–water partition coefficient (Wildman–Crippen LogP) is 3.49. The van der Waals surface area contributed by atoms with Crippen molar-refractivity contribution in [2.75, 3.05) is 6.61 Å². The van der Waals surface area contributed by atoms with Gasteiger partial charge in [0.05, 0.1) is 5.02 Å². The molecule has 2 bridgehead atoms. The molecule has 6 rings (SSSR count). The van der Waals surface area contributed by atoms with E-state index in [2.05, 4.69) is 10.3 Å². The van der Waals surface area contributed by atoms with Crippen LogP contribution in [0, 0.1) is 18.2 Å². The Balaban J connectivity index is 1.16. The smallest absolute Gasteiger partial charge is 0.268 e. The molecule has 0 unspecified atom stereocenters. The van der Waals surface area contributed by atoms with E-state index in [0.717, 1.165) is 11.6 Å². The van der Waals surface area contributed by atoms with Gasteiger partial charge in [-0.15, -0.1) is 0 Å². The molecule has 0 aliphatic heterocycles. The lowest BCUT2D eigenvalue weighted by atomic mass is 9.38. The van der Waals surface area contributed by atoms with Crippen molar-refractivity contribution in [3.63, 3.8) is 0 Å². The summed E-state index contributed by atoms with van der Waals surface area (Å²) in [5, 5.41) is 2.94. The molecule has 2 aromatic heterocycles. The van der Waals surface area contributed by atoms with E-state index < -0.39 is 5.82 Å². The Morgan fingerprint density at radius 1 is 1.24 bits per heavy atom. The van der Waals surface area contributed by atoms with Crippen LogP contribution in [0.1, 0.15) is 41.6 Å². The minimum absolute atomic E-state index is 0.0159. The van der Waals surface area contributed by atoms with Gasteiger partial charge in [-0.2, -0.15) is 0 Å². The lowest BCUT2D eigenvalue weighted by Gasteiger charge is -2.70. The highest BCUT2D eigenvalue weighted by atomic mass is 35.5. The number of rotatable bonds is 7. The van der Waals surface area contributed by atoms with Crippen molar-refractivity contribution in [2.45, 2.75) is 38.1 Å². The van der Waals surface area contributed by atoms with Crippen LogP contribution < -0.4 is 15.6 Å². The summed E-state index contributed by atoms with van der Waals surface area (Å²) in [6, 6.07) is 7.57. The van der Waals surface area contributed by atoms with E-state index >= 15 is 0 Å². The van der Waals surface area contributed by atoms with Crippen molar-refractivity contribution >= 4 is 28.9 Å². The molecule has 3 saturated carbocycles. The highest BCUT2D eigenvalue weighted by Crippen LogP contribution is 2.69. The fourth-order valence-corrected chi connectivity index (χ4v) is 5.29. The van der Waals surface area contributed by atoms with E-state index in [1.54, 1.807) is 18.3 Å². The molecular formula is C24H21ClFN3O4. The molecule has 3 aromatic rings. The van der Waals surface area contributed by atoms with Crippen LogP contribution in [0.4, 0.5) is 4.39 Å². The predicted molar refractivity (Wildman–Crippen MR) is 119 cm³/mol. The normalized spacial score (nSPS) is 22.9. The maximum atomic E-state index is 13.5. The van der Waals surface area contributed by atoms with E-state index in [-0.39, 0.29) is 57.6 Å².